The number of nitrogens with one attached hydrogen (secondary N) is 1. The van der Waals surface area contributed by atoms with Gasteiger partial charge in [-0.05, 0) is 20.3 Å². The minimum absolute atomic E-state index is 0.107. The van der Waals surface area contributed by atoms with Gasteiger partial charge in [-0.15, -0.1) is 11.3 Å². The largest absolute Gasteiger partial charge is 0.393 e. The van der Waals surface area contributed by atoms with Crippen molar-refractivity contribution in [3.63, 3.8) is 0 Å². The molecule has 3 N–H and O–H groups in total. The lowest BCUT2D eigenvalue weighted by Gasteiger charge is -2.16. The summed E-state index contributed by atoms with van der Waals surface area (Å²) in [5.74, 6) is -0.520. The van der Waals surface area contributed by atoms with E-state index < -0.39 is 5.92 Å². The third-order valence-electron chi connectivity index (χ3n) is 2.44. The van der Waals surface area contributed by atoms with E-state index >= 15 is 0 Å². The number of thiocarbonyl (C=S) groups is 1. The first-order valence-electron chi connectivity index (χ1n) is 5.47. The van der Waals surface area contributed by atoms with Crippen LogP contribution in [-0.2, 0) is 4.79 Å². The zero-order valence-corrected chi connectivity index (χ0v) is 11.8. The van der Waals surface area contributed by atoms with Crippen molar-refractivity contribution in [3.05, 3.63) is 16.1 Å². The van der Waals surface area contributed by atoms with Crippen molar-refractivity contribution in [3.8, 4) is 0 Å². The molecule has 1 aromatic rings. The number of nitrogens with zero attached hydrogens (tertiary/aromatic N) is 1. The molecule has 0 aliphatic heterocycles. The van der Waals surface area contributed by atoms with Crippen LogP contribution in [0.25, 0.3) is 0 Å². The number of nitrogens with two attached hydrogens (primary N) is 1. The third-order valence-corrected chi connectivity index (χ3v) is 3.82. The normalized spacial score (nSPS) is 14.1. The topological polar surface area (TPSA) is 68.0 Å². The molecular formula is C11H17N3OS2. The van der Waals surface area contributed by atoms with Crippen LogP contribution in [0, 0.1) is 12.8 Å². The Morgan fingerprint density at radius 2 is 2.35 bits per heavy atom. The van der Waals surface area contributed by atoms with Crippen LogP contribution in [-0.4, -0.2) is 15.9 Å². The molecule has 94 valence electrons. The molecule has 0 aliphatic carbocycles. The van der Waals surface area contributed by atoms with E-state index in [-0.39, 0.29) is 16.9 Å². The van der Waals surface area contributed by atoms with Crippen molar-refractivity contribution in [1.29, 1.82) is 0 Å². The van der Waals surface area contributed by atoms with Gasteiger partial charge < -0.3 is 11.1 Å². The van der Waals surface area contributed by atoms with E-state index in [0.717, 1.165) is 9.88 Å². The lowest BCUT2D eigenvalue weighted by molar-refractivity contribution is -0.123. The van der Waals surface area contributed by atoms with Gasteiger partial charge >= 0.3 is 0 Å². The number of carbonyl (C=O) groups excluding carboxylic acids is 1. The van der Waals surface area contributed by atoms with Crippen molar-refractivity contribution >= 4 is 34.5 Å². The second kappa shape index (κ2) is 6.07. The molecule has 0 saturated heterocycles. The molecule has 1 amide bonds. The quantitative estimate of drug-likeness (QED) is 0.803. The Morgan fingerprint density at radius 1 is 1.71 bits per heavy atom. The van der Waals surface area contributed by atoms with E-state index in [0.29, 0.717) is 6.42 Å². The average Bonchev–Trinajstić information content (AvgIpc) is 2.65. The van der Waals surface area contributed by atoms with Gasteiger partial charge in [-0.1, -0.05) is 19.1 Å². The molecule has 0 bridgehead atoms. The van der Waals surface area contributed by atoms with Crippen molar-refractivity contribution in [2.75, 3.05) is 0 Å². The summed E-state index contributed by atoms with van der Waals surface area (Å²) < 4.78 is 0. The number of amides is 1. The number of thiazole rings is 1. The Balaban J connectivity index is 2.65. The van der Waals surface area contributed by atoms with Crippen LogP contribution in [0.1, 0.15) is 36.2 Å². The summed E-state index contributed by atoms with van der Waals surface area (Å²) in [4.78, 5) is 17.5. The van der Waals surface area contributed by atoms with Crippen LogP contribution in [0.5, 0.6) is 0 Å². The Bertz CT molecular complexity index is 417. The Labute approximate surface area is 111 Å². The maximum atomic E-state index is 11.9. The molecule has 2 atom stereocenters. The van der Waals surface area contributed by atoms with Gasteiger partial charge in [0.2, 0.25) is 5.91 Å². The zero-order chi connectivity index (χ0) is 13.0. The molecule has 6 heteroatoms. The fourth-order valence-corrected chi connectivity index (χ4v) is 2.51. The SMILES string of the molecule is CCC(C(=O)NC(C)c1ncc(C)s1)C(N)=S. The van der Waals surface area contributed by atoms with Gasteiger partial charge in [-0.3, -0.25) is 4.79 Å². The molecule has 4 nitrogen and oxygen atoms in total. The number of hydrogen-bond acceptors (Lipinski definition) is 4. The Morgan fingerprint density at radius 3 is 2.76 bits per heavy atom. The van der Waals surface area contributed by atoms with E-state index in [9.17, 15) is 4.79 Å². The summed E-state index contributed by atoms with van der Waals surface area (Å²) in [5, 5.41) is 3.78. The lowest BCUT2D eigenvalue weighted by atomic mass is 10.1. The molecule has 2 unspecified atom stereocenters. The first-order chi connectivity index (χ1) is 7.95. The monoisotopic (exact) mass is 271 g/mol. The molecule has 1 heterocycles. The van der Waals surface area contributed by atoms with Crippen LogP contribution < -0.4 is 11.1 Å². The molecule has 17 heavy (non-hydrogen) atoms. The van der Waals surface area contributed by atoms with E-state index in [2.05, 4.69) is 10.3 Å². The second-order valence-electron chi connectivity index (χ2n) is 3.90. The maximum absolute atomic E-state index is 11.9. The van der Waals surface area contributed by atoms with Crippen molar-refractivity contribution in [2.45, 2.75) is 33.2 Å². The number of hydrogen-bond donors (Lipinski definition) is 2. The van der Waals surface area contributed by atoms with Crippen LogP contribution in [0.3, 0.4) is 0 Å². The predicted octanol–water partition coefficient (Wildman–Crippen LogP) is 1.94. The summed E-state index contributed by atoms with van der Waals surface area (Å²) in [7, 11) is 0. The van der Waals surface area contributed by atoms with Crippen molar-refractivity contribution in [1.82, 2.24) is 10.3 Å². The van der Waals surface area contributed by atoms with E-state index in [1.807, 2.05) is 20.8 Å². The summed E-state index contributed by atoms with van der Waals surface area (Å²) >= 11 is 6.45. The van der Waals surface area contributed by atoms with E-state index in [1.54, 1.807) is 17.5 Å². The fourth-order valence-electron chi connectivity index (χ4n) is 1.46. The molecule has 1 aromatic heterocycles. The highest BCUT2D eigenvalue weighted by Gasteiger charge is 2.22. The van der Waals surface area contributed by atoms with Crippen LogP contribution in [0.2, 0.25) is 0 Å². The minimum Gasteiger partial charge on any atom is -0.393 e. The van der Waals surface area contributed by atoms with Crippen LogP contribution >= 0.6 is 23.6 Å². The van der Waals surface area contributed by atoms with Gasteiger partial charge in [0.15, 0.2) is 0 Å². The number of rotatable bonds is 5. The highest BCUT2D eigenvalue weighted by molar-refractivity contribution is 7.80. The molecule has 1 rings (SSSR count). The average molecular weight is 271 g/mol. The van der Waals surface area contributed by atoms with Crippen LogP contribution in [0.4, 0.5) is 0 Å². The van der Waals surface area contributed by atoms with E-state index in [4.69, 9.17) is 18.0 Å². The molecule has 0 aromatic carbocycles. The molecule has 0 saturated carbocycles. The highest BCUT2D eigenvalue weighted by Crippen LogP contribution is 2.19. The van der Waals surface area contributed by atoms with Gasteiger partial charge in [0, 0.05) is 11.1 Å². The fraction of sp³-hybridized carbons (Fsp3) is 0.545. The minimum atomic E-state index is -0.395. The van der Waals surface area contributed by atoms with E-state index in [1.165, 1.54) is 0 Å². The first kappa shape index (κ1) is 14.1. The molecule has 0 radical (unpaired) electrons. The van der Waals surface area contributed by atoms with Crippen molar-refractivity contribution in [2.24, 2.45) is 11.7 Å². The summed E-state index contributed by atoms with van der Waals surface area (Å²) in [6.07, 6.45) is 2.41. The van der Waals surface area contributed by atoms with Crippen LogP contribution in [0.15, 0.2) is 6.20 Å². The smallest absolute Gasteiger partial charge is 0.230 e. The summed E-state index contributed by atoms with van der Waals surface area (Å²) in [5.41, 5.74) is 5.52. The number of carbonyl (C=O) groups is 1. The third kappa shape index (κ3) is 3.74. The highest BCUT2D eigenvalue weighted by atomic mass is 32.1. The van der Waals surface area contributed by atoms with Gasteiger partial charge in [-0.2, -0.15) is 0 Å². The molecule has 0 fully saturated rings. The Kier molecular flexibility index (Phi) is 5.02. The summed E-state index contributed by atoms with van der Waals surface area (Å²) in [6.45, 7) is 5.78. The first-order valence-corrected chi connectivity index (χ1v) is 6.70. The van der Waals surface area contributed by atoms with Gasteiger partial charge in [0.25, 0.3) is 0 Å². The zero-order valence-electron chi connectivity index (χ0n) is 10.2. The molecule has 0 spiro atoms. The van der Waals surface area contributed by atoms with Gasteiger partial charge in [0.1, 0.15) is 5.01 Å². The number of aromatic nitrogens is 1. The second-order valence-corrected chi connectivity index (χ2v) is 5.64. The lowest BCUT2D eigenvalue weighted by Crippen LogP contribution is -2.38. The Hall–Kier alpha value is -1.01. The standard InChI is InChI=1S/C11H17N3OS2/c1-4-8(9(12)16)10(15)14-7(3)11-13-5-6(2)17-11/h5,7-8H,4H2,1-3H3,(H2,12,16)(H,14,15). The van der Waals surface area contributed by atoms with Gasteiger partial charge in [0.05, 0.1) is 16.9 Å². The van der Waals surface area contributed by atoms with Gasteiger partial charge in [-0.25, -0.2) is 4.98 Å². The van der Waals surface area contributed by atoms with Crippen molar-refractivity contribution < 1.29 is 4.79 Å². The molecular weight excluding hydrogens is 254 g/mol. The molecule has 0 aliphatic rings. The predicted molar refractivity (Wildman–Crippen MR) is 74.0 cm³/mol. The maximum Gasteiger partial charge on any atom is 0.230 e. The summed E-state index contributed by atoms with van der Waals surface area (Å²) in [6, 6.07) is -0.107. The number of aryl methyl sites for hydroxylation is 1.